The first-order chi connectivity index (χ1) is 9.78. The molecule has 1 N–H and O–H groups in total. The largest absolute Gasteiger partial charge is 0.383 e. The minimum atomic E-state index is 0.0782. The average Bonchev–Trinajstić information content (AvgIpc) is 2.38. The Balaban J connectivity index is 3.03. The van der Waals surface area contributed by atoms with Crippen LogP contribution < -0.4 is 10.2 Å². The number of nitrogens with zero attached hydrogens (tertiary/aromatic N) is 2. The highest BCUT2D eigenvalue weighted by atomic mass is 79.9. The van der Waals surface area contributed by atoms with Gasteiger partial charge in [-0.05, 0) is 56.6 Å². The van der Waals surface area contributed by atoms with Gasteiger partial charge in [-0.2, -0.15) is 0 Å². The minimum Gasteiger partial charge on any atom is -0.383 e. The maximum absolute atomic E-state index is 5.29. The Kier molecular flexibility index (Phi) is 7.10. The van der Waals surface area contributed by atoms with Crippen LogP contribution in [0.5, 0.6) is 0 Å². The van der Waals surface area contributed by atoms with Crippen LogP contribution in [0.1, 0.15) is 40.2 Å². The maximum Gasteiger partial charge on any atom is 0.133 e. The molecule has 1 unspecified atom stereocenters. The second-order valence-corrected chi connectivity index (χ2v) is 7.25. The van der Waals surface area contributed by atoms with Crippen LogP contribution >= 0.6 is 15.9 Å². The fourth-order valence-corrected chi connectivity index (χ4v) is 2.60. The number of hydrogen-bond donors (Lipinski definition) is 1. The monoisotopic (exact) mass is 357 g/mol. The molecular weight excluding hydrogens is 330 g/mol. The molecule has 1 heterocycles. The molecule has 0 aliphatic heterocycles. The molecule has 0 bridgehead atoms. The highest BCUT2D eigenvalue weighted by Crippen LogP contribution is 2.24. The van der Waals surface area contributed by atoms with Gasteiger partial charge in [0.1, 0.15) is 5.82 Å². The molecular formula is C16H28BrN3O. The van der Waals surface area contributed by atoms with Crippen LogP contribution in [0.4, 0.5) is 5.82 Å². The number of anilines is 1. The molecule has 120 valence electrons. The predicted octanol–water partition coefficient (Wildman–Crippen LogP) is 3.59. The third kappa shape index (κ3) is 5.93. The lowest BCUT2D eigenvalue weighted by Gasteiger charge is -2.31. The number of pyridine rings is 1. The summed E-state index contributed by atoms with van der Waals surface area (Å²) in [5.41, 5.74) is 1.28. The van der Waals surface area contributed by atoms with E-state index >= 15 is 0 Å². The zero-order chi connectivity index (χ0) is 16.0. The topological polar surface area (TPSA) is 37.4 Å². The second-order valence-electron chi connectivity index (χ2n) is 6.33. The fourth-order valence-electron chi connectivity index (χ4n) is 2.22. The first-order valence-corrected chi connectivity index (χ1v) is 8.22. The Morgan fingerprint density at radius 2 is 2.10 bits per heavy atom. The summed E-state index contributed by atoms with van der Waals surface area (Å²) < 4.78 is 6.30. The van der Waals surface area contributed by atoms with E-state index in [4.69, 9.17) is 4.74 Å². The average molecular weight is 358 g/mol. The normalized spacial score (nSPS) is 13.3. The Labute approximate surface area is 137 Å². The van der Waals surface area contributed by atoms with Crippen molar-refractivity contribution < 1.29 is 4.74 Å². The number of hydrogen-bond acceptors (Lipinski definition) is 4. The fraction of sp³-hybridized carbons (Fsp3) is 0.688. The van der Waals surface area contributed by atoms with Crippen molar-refractivity contribution in [1.82, 2.24) is 10.3 Å². The van der Waals surface area contributed by atoms with E-state index in [1.54, 1.807) is 7.11 Å². The van der Waals surface area contributed by atoms with Crippen molar-refractivity contribution in [3.8, 4) is 0 Å². The van der Waals surface area contributed by atoms with E-state index < -0.39 is 0 Å². The molecule has 0 aromatic carbocycles. The smallest absolute Gasteiger partial charge is 0.133 e. The molecule has 0 aliphatic carbocycles. The number of ether oxygens (including phenoxy) is 1. The van der Waals surface area contributed by atoms with E-state index in [9.17, 15) is 0 Å². The molecule has 0 amide bonds. The zero-order valence-electron chi connectivity index (χ0n) is 14.0. The predicted molar refractivity (Wildman–Crippen MR) is 92.9 cm³/mol. The van der Waals surface area contributed by atoms with Gasteiger partial charge in [-0.15, -0.1) is 0 Å². The number of rotatable bonds is 7. The van der Waals surface area contributed by atoms with Gasteiger partial charge in [0.05, 0.1) is 12.6 Å². The molecule has 0 saturated carbocycles. The van der Waals surface area contributed by atoms with Crippen molar-refractivity contribution in [1.29, 1.82) is 0 Å². The van der Waals surface area contributed by atoms with Gasteiger partial charge in [0.2, 0.25) is 0 Å². The van der Waals surface area contributed by atoms with Gasteiger partial charge in [-0.25, -0.2) is 4.98 Å². The number of likely N-dealkylation sites (N-methyl/N-ethyl adjacent to an activating group) is 1. The molecule has 1 atom stereocenters. The SMILES string of the molecule is CCN(c1ncc(Br)cc1CNC(C)(C)C)C(C)COC. The van der Waals surface area contributed by atoms with Gasteiger partial charge >= 0.3 is 0 Å². The summed E-state index contributed by atoms with van der Waals surface area (Å²) in [4.78, 5) is 6.92. The molecule has 0 spiro atoms. The summed E-state index contributed by atoms with van der Waals surface area (Å²) in [6.45, 7) is 13.2. The van der Waals surface area contributed by atoms with Crippen molar-refractivity contribution in [3.05, 3.63) is 22.3 Å². The van der Waals surface area contributed by atoms with Gasteiger partial charge in [0.15, 0.2) is 0 Å². The third-order valence-corrected chi connectivity index (χ3v) is 3.71. The van der Waals surface area contributed by atoms with E-state index in [1.807, 2.05) is 6.20 Å². The van der Waals surface area contributed by atoms with E-state index in [1.165, 1.54) is 5.56 Å². The molecule has 0 fully saturated rings. The highest BCUT2D eigenvalue weighted by molar-refractivity contribution is 9.10. The Morgan fingerprint density at radius 3 is 2.62 bits per heavy atom. The third-order valence-electron chi connectivity index (χ3n) is 3.27. The molecule has 1 rings (SSSR count). The zero-order valence-corrected chi connectivity index (χ0v) is 15.6. The van der Waals surface area contributed by atoms with Crippen LogP contribution in [0.25, 0.3) is 0 Å². The molecule has 1 aromatic rings. The molecule has 1 aromatic heterocycles. The van der Waals surface area contributed by atoms with Crippen molar-refractivity contribution in [3.63, 3.8) is 0 Å². The van der Waals surface area contributed by atoms with Crippen molar-refractivity contribution >= 4 is 21.7 Å². The Hall–Kier alpha value is -0.650. The first-order valence-electron chi connectivity index (χ1n) is 7.43. The van der Waals surface area contributed by atoms with Crippen LogP contribution in [0, 0.1) is 0 Å². The number of aromatic nitrogens is 1. The van der Waals surface area contributed by atoms with E-state index in [-0.39, 0.29) is 5.54 Å². The van der Waals surface area contributed by atoms with Gasteiger partial charge in [-0.1, -0.05) is 0 Å². The van der Waals surface area contributed by atoms with Crippen LogP contribution in [0.2, 0.25) is 0 Å². The van der Waals surface area contributed by atoms with Gasteiger partial charge in [0.25, 0.3) is 0 Å². The minimum absolute atomic E-state index is 0.0782. The van der Waals surface area contributed by atoms with Crippen molar-refractivity contribution in [2.24, 2.45) is 0 Å². The first kappa shape index (κ1) is 18.4. The molecule has 5 heteroatoms. The van der Waals surface area contributed by atoms with Crippen LogP contribution in [-0.4, -0.2) is 36.8 Å². The number of nitrogens with one attached hydrogen (secondary N) is 1. The lowest BCUT2D eigenvalue weighted by atomic mass is 10.1. The lowest BCUT2D eigenvalue weighted by Crippen LogP contribution is -2.39. The van der Waals surface area contributed by atoms with Crippen LogP contribution in [0.3, 0.4) is 0 Å². The van der Waals surface area contributed by atoms with Gasteiger partial charge in [-0.3, -0.25) is 0 Å². The van der Waals surface area contributed by atoms with Gasteiger partial charge < -0.3 is 15.0 Å². The lowest BCUT2D eigenvalue weighted by molar-refractivity contribution is 0.181. The second kappa shape index (κ2) is 8.11. The summed E-state index contributed by atoms with van der Waals surface area (Å²) in [5, 5.41) is 3.54. The van der Waals surface area contributed by atoms with E-state index in [0.717, 1.165) is 23.4 Å². The Bertz CT molecular complexity index is 446. The van der Waals surface area contributed by atoms with Crippen LogP contribution in [-0.2, 0) is 11.3 Å². The molecule has 4 nitrogen and oxygen atoms in total. The van der Waals surface area contributed by atoms with Crippen LogP contribution in [0.15, 0.2) is 16.7 Å². The number of halogens is 1. The number of methoxy groups -OCH3 is 1. The maximum atomic E-state index is 5.29. The molecule has 0 aliphatic rings. The summed E-state index contributed by atoms with van der Waals surface area (Å²) in [5.74, 6) is 1.03. The Morgan fingerprint density at radius 1 is 1.43 bits per heavy atom. The summed E-state index contributed by atoms with van der Waals surface area (Å²) in [7, 11) is 1.74. The van der Waals surface area contributed by atoms with Gasteiger partial charge in [0, 0.05) is 42.0 Å². The van der Waals surface area contributed by atoms with Crippen molar-refractivity contribution in [2.45, 2.75) is 52.7 Å². The standard InChI is InChI=1S/C16H28BrN3O/c1-7-20(12(2)11-21-6)15-13(8-14(17)10-18-15)9-19-16(3,4)5/h8,10,12,19H,7,9,11H2,1-6H3. The quantitative estimate of drug-likeness (QED) is 0.808. The molecule has 21 heavy (non-hydrogen) atoms. The summed E-state index contributed by atoms with van der Waals surface area (Å²) in [6, 6.07) is 2.44. The molecule has 0 radical (unpaired) electrons. The summed E-state index contributed by atoms with van der Waals surface area (Å²) >= 11 is 3.52. The van der Waals surface area contributed by atoms with E-state index in [2.05, 4.69) is 71.8 Å². The highest BCUT2D eigenvalue weighted by Gasteiger charge is 2.19. The molecule has 0 saturated heterocycles. The van der Waals surface area contributed by atoms with Crippen molar-refractivity contribution in [2.75, 3.05) is 25.2 Å². The van der Waals surface area contributed by atoms with E-state index in [0.29, 0.717) is 12.6 Å². The summed E-state index contributed by atoms with van der Waals surface area (Å²) in [6.07, 6.45) is 1.86.